The molecule has 9 unspecified atom stereocenters. The third kappa shape index (κ3) is 18.8. The van der Waals surface area contributed by atoms with Gasteiger partial charge in [-0.15, -0.1) is 0 Å². The summed E-state index contributed by atoms with van der Waals surface area (Å²) in [4.78, 5) is 50.0. The third-order valence-corrected chi connectivity index (χ3v) is 10.5. The molecule has 61 heavy (non-hydrogen) atoms. The van der Waals surface area contributed by atoms with Crippen LogP contribution in [0.4, 0.5) is 0 Å². The van der Waals surface area contributed by atoms with Crippen LogP contribution in [-0.2, 0) is 33.4 Å². The van der Waals surface area contributed by atoms with Gasteiger partial charge in [0.05, 0.1) is 13.2 Å². The summed E-state index contributed by atoms with van der Waals surface area (Å²) in [5.41, 5.74) is 6.71. The zero-order chi connectivity index (χ0) is 45.5. The Hall–Kier alpha value is -4.73. The molecule has 2 rings (SSSR count). The number of allylic oxidation sites excluding steroid dienone is 13. The highest BCUT2D eigenvalue weighted by Crippen LogP contribution is 2.29. The van der Waals surface area contributed by atoms with Gasteiger partial charge < -0.3 is 45.5 Å². The molecule has 14 heteroatoms. The van der Waals surface area contributed by atoms with Crippen LogP contribution in [0, 0.1) is 23.2 Å². The van der Waals surface area contributed by atoms with E-state index in [1.807, 2.05) is 45.2 Å². The minimum Gasteiger partial charge on any atom is -0.467 e. The van der Waals surface area contributed by atoms with E-state index in [-0.39, 0.29) is 42.2 Å². The average molecular weight is 851 g/mol. The number of carbonyl (C=O) groups excluding carboxylic acids is 4. The molecule has 1 heterocycles. The molecule has 7 N–H and O–H groups in total. The van der Waals surface area contributed by atoms with Crippen molar-refractivity contribution >= 4 is 29.4 Å². The van der Waals surface area contributed by atoms with Gasteiger partial charge in [0.1, 0.15) is 24.4 Å². The van der Waals surface area contributed by atoms with E-state index in [1.165, 1.54) is 0 Å². The zero-order valence-corrected chi connectivity index (χ0v) is 36.9. The number of aliphatic hydroxyl groups is 3. The van der Waals surface area contributed by atoms with E-state index >= 15 is 0 Å². The first-order valence-electron chi connectivity index (χ1n) is 21.2. The summed E-state index contributed by atoms with van der Waals surface area (Å²) in [5, 5.41) is 41.7. The number of amides is 1. The number of carbonyl (C=O) groups is 4. The maximum atomic E-state index is 12.3. The number of hydrogen-bond donors (Lipinski definition) is 6. The van der Waals surface area contributed by atoms with Crippen molar-refractivity contribution in [2.24, 2.45) is 23.5 Å². The van der Waals surface area contributed by atoms with Gasteiger partial charge in [-0.2, -0.15) is 0 Å². The van der Waals surface area contributed by atoms with Gasteiger partial charge in [0.25, 0.3) is 0 Å². The maximum Gasteiger partial charge on any atom is 0.337 e. The number of guanidine groups is 1. The number of rotatable bonds is 24. The number of nitrogens with zero attached hydrogens (tertiary/aromatic N) is 1. The third-order valence-electron chi connectivity index (χ3n) is 10.5. The lowest BCUT2D eigenvalue weighted by Gasteiger charge is -2.41. The minimum atomic E-state index is -1.70. The predicted molar refractivity (Wildman–Crippen MR) is 237 cm³/mol. The summed E-state index contributed by atoms with van der Waals surface area (Å²) in [6, 6.07) is -1.05. The first kappa shape index (κ1) is 52.4. The summed E-state index contributed by atoms with van der Waals surface area (Å²) in [7, 11) is 2.96. The highest BCUT2D eigenvalue weighted by atomic mass is 16.7. The number of nitrogens with one attached hydrogen (secondary N) is 2. The molecule has 2 fully saturated rings. The van der Waals surface area contributed by atoms with E-state index in [0.29, 0.717) is 11.5 Å². The van der Waals surface area contributed by atoms with Crippen molar-refractivity contribution < 1.29 is 48.7 Å². The van der Waals surface area contributed by atoms with Crippen molar-refractivity contribution in [2.45, 2.75) is 129 Å². The van der Waals surface area contributed by atoms with Gasteiger partial charge in [-0.05, 0) is 69.8 Å². The van der Waals surface area contributed by atoms with Crippen LogP contribution in [0.2, 0.25) is 0 Å². The van der Waals surface area contributed by atoms with Crippen molar-refractivity contribution in [3.63, 3.8) is 0 Å². The van der Waals surface area contributed by atoms with E-state index in [4.69, 9.17) is 25.4 Å². The number of aliphatic hydroxyl groups excluding tert-OH is 3. The molecule has 0 radical (unpaired) electrons. The van der Waals surface area contributed by atoms with Crippen LogP contribution in [-0.4, -0.2) is 113 Å². The van der Waals surface area contributed by atoms with Crippen LogP contribution in [0.1, 0.15) is 86.0 Å². The van der Waals surface area contributed by atoms with Gasteiger partial charge in [0.2, 0.25) is 5.91 Å². The van der Waals surface area contributed by atoms with Crippen LogP contribution in [0.25, 0.3) is 0 Å². The van der Waals surface area contributed by atoms with E-state index in [9.17, 15) is 34.5 Å². The van der Waals surface area contributed by atoms with Crippen molar-refractivity contribution in [1.29, 1.82) is 5.41 Å². The van der Waals surface area contributed by atoms with Crippen molar-refractivity contribution in [3.8, 4) is 0 Å². The number of ether oxygens (including phenoxy) is 3. The molecule has 0 spiro atoms. The number of hydrogen-bond acceptors (Lipinski definition) is 11. The molecule has 14 nitrogen and oxygen atoms in total. The summed E-state index contributed by atoms with van der Waals surface area (Å²) < 4.78 is 16.7. The molecular formula is C47H70N4O10. The Morgan fingerprint density at radius 2 is 1.51 bits per heavy atom. The van der Waals surface area contributed by atoms with E-state index in [2.05, 4.69) is 49.5 Å². The summed E-state index contributed by atoms with van der Waals surface area (Å²) in [6.45, 7) is 10.5. The highest BCUT2D eigenvalue weighted by molar-refractivity contribution is 6.15. The number of esters is 1. The van der Waals surface area contributed by atoms with Crippen LogP contribution in [0.15, 0.2) is 96.2 Å². The Morgan fingerprint density at radius 1 is 0.885 bits per heavy atom. The van der Waals surface area contributed by atoms with Gasteiger partial charge in [-0.1, -0.05) is 106 Å². The van der Waals surface area contributed by atoms with Crippen molar-refractivity contribution in [2.75, 3.05) is 20.7 Å². The molecule has 1 aliphatic heterocycles. The molecule has 0 aromatic rings. The van der Waals surface area contributed by atoms with Gasteiger partial charge in [0.15, 0.2) is 29.9 Å². The summed E-state index contributed by atoms with van der Waals surface area (Å²) in [6.07, 6.45) is 24.3. The normalized spacial score (nSPS) is 24.2. The predicted octanol–water partition coefficient (Wildman–Crippen LogP) is 5.07. The first-order chi connectivity index (χ1) is 29.0. The average Bonchev–Trinajstić information content (AvgIpc) is 3.54. The lowest BCUT2D eigenvalue weighted by atomic mass is 9.92. The van der Waals surface area contributed by atoms with Crippen molar-refractivity contribution in [3.05, 3.63) is 96.2 Å². The smallest absolute Gasteiger partial charge is 0.337 e. The van der Waals surface area contributed by atoms with Gasteiger partial charge in [0, 0.05) is 37.9 Å². The molecule has 338 valence electrons. The molecule has 1 aliphatic carbocycles. The van der Waals surface area contributed by atoms with E-state index in [0.717, 1.165) is 57.8 Å². The van der Waals surface area contributed by atoms with Crippen LogP contribution < -0.4 is 11.1 Å². The number of nitrogens with two attached hydrogens (primary N) is 1. The molecular weight excluding hydrogens is 781 g/mol. The van der Waals surface area contributed by atoms with E-state index < -0.39 is 54.7 Å². The number of ketones is 2. The van der Waals surface area contributed by atoms with Gasteiger partial charge >= 0.3 is 5.97 Å². The number of Topliss-reactive ketones (excluding diaryl/α,β-unsaturated/α-hetero) is 2. The highest BCUT2D eigenvalue weighted by Gasteiger charge is 2.49. The molecule has 1 saturated heterocycles. The second kappa shape index (κ2) is 28.0. The Morgan fingerprint density at radius 3 is 2.15 bits per heavy atom. The SMILES string of the molecule is COC(=O)C1OC(OC(C(C)=CC(C)CCCC=CC(C)CC=CCCCN(C)C(=N)N)C(C)C=CC=CC=CC=CC=C(C)C(=O)NC2C(=O)CCC2=O)C(O)C(O)C1O. The summed E-state index contributed by atoms with van der Waals surface area (Å²) in [5.74, 6) is -1.47. The minimum absolute atomic E-state index is 0.0844. The van der Waals surface area contributed by atoms with Gasteiger partial charge in [-0.3, -0.25) is 19.8 Å². The first-order valence-corrected chi connectivity index (χ1v) is 21.2. The molecule has 0 aromatic heterocycles. The Kier molecular flexibility index (Phi) is 24.0. The Balaban J connectivity index is 2.03. The molecule has 0 bridgehead atoms. The molecule has 1 amide bonds. The summed E-state index contributed by atoms with van der Waals surface area (Å²) >= 11 is 0. The molecule has 1 saturated carbocycles. The molecule has 2 aliphatic rings. The number of unbranched alkanes of at least 4 members (excludes halogenated alkanes) is 2. The second-order valence-electron chi connectivity index (χ2n) is 15.9. The fourth-order valence-electron chi connectivity index (χ4n) is 6.71. The lowest BCUT2D eigenvalue weighted by Crippen LogP contribution is -2.61. The maximum absolute atomic E-state index is 12.3. The Labute approximate surface area is 362 Å². The quantitative estimate of drug-likeness (QED) is 0.0110. The monoisotopic (exact) mass is 851 g/mol. The zero-order valence-electron chi connectivity index (χ0n) is 36.9. The topological polar surface area (TPSA) is 222 Å². The second-order valence-corrected chi connectivity index (χ2v) is 15.9. The van der Waals surface area contributed by atoms with Gasteiger partial charge in [-0.25, -0.2) is 4.79 Å². The fourth-order valence-corrected chi connectivity index (χ4v) is 6.71. The largest absolute Gasteiger partial charge is 0.467 e. The van der Waals surface area contributed by atoms with Crippen LogP contribution >= 0.6 is 0 Å². The molecule has 9 atom stereocenters. The van der Waals surface area contributed by atoms with E-state index in [1.54, 1.807) is 42.2 Å². The van der Waals surface area contributed by atoms with Crippen LogP contribution in [0.5, 0.6) is 0 Å². The molecule has 0 aromatic carbocycles. The lowest BCUT2D eigenvalue weighted by molar-refractivity contribution is -0.303. The van der Waals surface area contributed by atoms with Crippen molar-refractivity contribution in [1.82, 2.24) is 10.2 Å². The number of methoxy groups -OCH3 is 1. The standard InChI is InChI=1S/C47H70N4O10/c1-31(22-16-13-14-21-29-51(6)47(48)49)23-17-15-18-24-32(2)30-35(5)42(60-46-41(56)39(54)40(55)43(61-46)45(58)59-7)33(3)25-19-11-9-8-10-12-20-26-34(4)44(57)50-38-36(52)27-28-37(38)53/h8-13,16-17,19-20,23,25-26,30-33,38-43,46,54-56H,14-15,18,21-22,24,27-29H2,1-7H3,(H3,48,49)(H,50,57). The fraction of sp³-hybridized carbons (Fsp3) is 0.553. The Bertz CT molecular complexity index is 1680. The van der Waals surface area contributed by atoms with Crippen LogP contribution in [0.3, 0.4) is 0 Å².